The smallest absolute Gasteiger partial charge is 0.221 e. The molecule has 32 heavy (non-hydrogen) atoms. The number of morpholine rings is 1. The highest BCUT2D eigenvalue weighted by atomic mass is 16.5. The van der Waals surface area contributed by atoms with Gasteiger partial charge in [-0.1, -0.05) is 12.1 Å². The lowest BCUT2D eigenvalue weighted by molar-refractivity contribution is -0.114. The van der Waals surface area contributed by atoms with Crippen molar-refractivity contribution >= 4 is 34.3 Å². The lowest BCUT2D eigenvalue weighted by atomic mass is 10.1. The molecule has 1 saturated heterocycles. The number of carbonyl (C=O) groups is 1. The molecular weight excluding hydrogens is 402 g/mol. The summed E-state index contributed by atoms with van der Waals surface area (Å²) in [5.74, 6) is -0.0804. The Hall–Kier alpha value is -3.84. The number of fused-ring (bicyclic) bond motifs is 1. The number of pyridine rings is 1. The van der Waals surface area contributed by atoms with E-state index in [-0.39, 0.29) is 5.91 Å². The fourth-order valence-electron chi connectivity index (χ4n) is 4.01. The highest BCUT2D eigenvalue weighted by Crippen LogP contribution is 2.29. The first kappa shape index (κ1) is 20.1. The SMILES string of the molecule is CC(=O)Nc1ccc(-c2ccc(Nc3ccc(N4CCOCC4)cc3)c3nccn23)cc1. The molecule has 1 amide bonds. The quantitative estimate of drug-likeness (QED) is 0.489. The number of aromatic nitrogens is 2. The van der Waals surface area contributed by atoms with Crippen LogP contribution in [0.5, 0.6) is 0 Å². The second kappa shape index (κ2) is 8.72. The largest absolute Gasteiger partial charge is 0.378 e. The summed E-state index contributed by atoms with van der Waals surface area (Å²) < 4.78 is 7.51. The van der Waals surface area contributed by atoms with Crippen molar-refractivity contribution in [3.05, 3.63) is 73.1 Å². The van der Waals surface area contributed by atoms with Gasteiger partial charge in [0.2, 0.25) is 5.91 Å². The van der Waals surface area contributed by atoms with Crippen LogP contribution in [-0.4, -0.2) is 41.6 Å². The van der Waals surface area contributed by atoms with E-state index < -0.39 is 0 Å². The van der Waals surface area contributed by atoms with Crippen molar-refractivity contribution in [3.8, 4) is 11.3 Å². The van der Waals surface area contributed by atoms with Crippen LogP contribution in [0.25, 0.3) is 16.9 Å². The van der Waals surface area contributed by atoms with Crippen molar-refractivity contribution in [1.29, 1.82) is 0 Å². The van der Waals surface area contributed by atoms with E-state index in [1.807, 2.05) is 30.5 Å². The van der Waals surface area contributed by atoms with Gasteiger partial charge in [0.25, 0.3) is 0 Å². The van der Waals surface area contributed by atoms with Crippen LogP contribution in [0.1, 0.15) is 6.92 Å². The molecule has 2 aromatic carbocycles. The molecule has 1 aliphatic heterocycles. The van der Waals surface area contributed by atoms with Gasteiger partial charge in [-0.3, -0.25) is 9.20 Å². The van der Waals surface area contributed by atoms with Gasteiger partial charge >= 0.3 is 0 Å². The van der Waals surface area contributed by atoms with E-state index >= 15 is 0 Å². The molecular formula is C25H25N5O2. The van der Waals surface area contributed by atoms with Crippen LogP contribution in [-0.2, 0) is 9.53 Å². The minimum absolute atomic E-state index is 0.0804. The Morgan fingerprint density at radius 2 is 1.66 bits per heavy atom. The van der Waals surface area contributed by atoms with E-state index in [1.165, 1.54) is 12.6 Å². The second-order valence-electron chi connectivity index (χ2n) is 7.78. The topological polar surface area (TPSA) is 70.9 Å². The van der Waals surface area contributed by atoms with Crippen molar-refractivity contribution in [3.63, 3.8) is 0 Å². The minimum atomic E-state index is -0.0804. The molecule has 0 saturated carbocycles. The van der Waals surface area contributed by atoms with Crippen molar-refractivity contribution in [2.75, 3.05) is 41.8 Å². The standard InChI is InChI=1S/C25H25N5O2/c1-18(31)27-20-4-2-19(3-5-20)24-11-10-23(25-26-12-13-30(24)25)28-21-6-8-22(9-7-21)29-14-16-32-17-15-29/h2-13,28H,14-17H2,1H3,(H,27,31). The highest BCUT2D eigenvalue weighted by Gasteiger charge is 2.12. The zero-order valence-electron chi connectivity index (χ0n) is 17.9. The minimum Gasteiger partial charge on any atom is -0.378 e. The third kappa shape index (κ3) is 4.15. The number of amides is 1. The monoisotopic (exact) mass is 427 g/mol. The molecule has 0 spiro atoms. The van der Waals surface area contributed by atoms with Gasteiger partial charge in [-0.25, -0.2) is 4.98 Å². The Morgan fingerprint density at radius 1 is 0.938 bits per heavy atom. The lowest BCUT2D eigenvalue weighted by Crippen LogP contribution is -2.36. The van der Waals surface area contributed by atoms with Crippen LogP contribution in [0.2, 0.25) is 0 Å². The van der Waals surface area contributed by atoms with Crippen molar-refractivity contribution in [2.45, 2.75) is 6.92 Å². The molecule has 2 aromatic heterocycles. The molecule has 0 atom stereocenters. The van der Waals surface area contributed by atoms with Crippen LogP contribution in [0.3, 0.4) is 0 Å². The molecule has 7 nitrogen and oxygen atoms in total. The summed E-state index contributed by atoms with van der Waals surface area (Å²) in [5.41, 5.74) is 6.87. The molecule has 4 aromatic rings. The van der Waals surface area contributed by atoms with Gasteiger partial charge in [0.1, 0.15) is 0 Å². The van der Waals surface area contributed by atoms with Crippen molar-refractivity contribution in [2.24, 2.45) is 0 Å². The second-order valence-corrected chi connectivity index (χ2v) is 7.78. The number of nitrogens with one attached hydrogen (secondary N) is 2. The van der Waals surface area contributed by atoms with Crippen LogP contribution in [0.15, 0.2) is 73.1 Å². The van der Waals surface area contributed by atoms with Gasteiger partial charge in [-0.05, 0) is 54.1 Å². The van der Waals surface area contributed by atoms with E-state index in [1.54, 1.807) is 6.20 Å². The molecule has 0 bridgehead atoms. The van der Waals surface area contributed by atoms with Crippen molar-refractivity contribution in [1.82, 2.24) is 9.38 Å². The molecule has 2 N–H and O–H groups in total. The van der Waals surface area contributed by atoms with Crippen LogP contribution >= 0.6 is 0 Å². The molecule has 1 aliphatic rings. The Kier molecular flexibility index (Phi) is 5.47. The van der Waals surface area contributed by atoms with Crippen LogP contribution in [0, 0.1) is 0 Å². The maximum Gasteiger partial charge on any atom is 0.221 e. The highest BCUT2D eigenvalue weighted by molar-refractivity contribution is 5.89. The Morgan fingerprint density at radius 3 is 2.38 bits per heavy atom. The average molecular weight is 428 g/mol. The molecule has 5 rings (SSSR count). The number of imidazole rings is 1. The van der Waals surface area contributed by atoms with Gasteiger partial charge < -0.3 is 20.3 Å². The zero-order valence-corrected chi connectivity index (χ0v) is 17.9. The normalized spacial score (nSPS) is 13.8. The molecule has 162 valence electrons. The van der Waals surface area contributed by atoms with Crippen LogP contribution in [0.4, 0.5) is 22.7 Å². The summed E-state index contributed by atoms with van der Waals surface area (Å²) in [5, 5.41) is 6.30. The van der Waals surface area contributed by atoms with E-state index in [9.17, 15) is 4.79 Å². The molecule has 1 fully saturated rings. The maximum absolute atomic E-state index is 11.3. The average Bonchev–Trinajstić information content (AvgIpc) is 3.31. The Bertz CT molecular complexity index is 1230. The van der Waals surface area contributed by atoms with Gasteiger partial charge in [0.05, 0.1) is 24.6 Å². The first-order valence-corrected chi connectivity index (χ1v) is 10.7. The number of benzene rings is 2. The Balaban J connectivity index is 1.38. The first-order valence-electron chi connectivity index (χ1n) is 10.7. The van der Waals surface area contributed by atoms with E-state index in [0.29, 0.717) is 0 Å². The third-order valence-corrected chi connectivity index (χ3v) is 5.57. The fraction of sp³-hybridized carbons (Fsp3) is 0.200. The van der Waals surface area contributed by atoms with E-state index in [0.717, 1.165) is 60.3 Å². The van der Waals surface area contributed by atoms with Gasteiger partial charge in [-0.15, -0.1) is 0 Å². The summed E-state index contributed by atoms with van der Waals surface area (Å²) >= 11 is 0. The molecule has 3 heterocycles. The summed E-state index contributed by atoms with van der Waals surface area (Å²) in [6, 6.07) is 20.4. The molecule has 0 aliphatic carbocycles. The van der Waals surface area contributed by atoms with Gasteiger partial charge in [0.15, 0.2) is 5.65 Å². The summed E-state index contributed by atoms with van der Waals surface area (Å²) in [6.45, 7) is 4.91. The summed E-state index contributed by atoms with van der Waals surface area (Å²) in [4.78, 5) is 18.2. The number of ether oxygens (including phenoxy) is 1. The number of nitrogens with zero attached hydrogens (tertiary/aromatic N) is 3. The summed E-state index contributed by atoms with van der Waals surface area (Å²) in [6.07, 6.45) is 3.76. The number of hydrogen-bond acceptors (Lipinski definition) is 5. The molecule has 0 radical (unpaired) electrons. The predicted octanol–water partition coefficient (Wildman–Crippen LogP) is 4.54. The Labute approximate surface area is 186 Å². The number of rotatable bonds is 5. The maximum atomic E-state index is 11.3. The van der Waals surface area contributed by atoms with Gasteiger partial charge in [0, 0.05) is 49.5 Å². The van der Waals surface area contributed by atoms with Crippen molar-refractivity contribution < 1.29 is 9.53 Å². The molecule has 0 unspecified atom stereocenters. The zero-order chi connectivity index (χ0) is 21.9. The lowest BCUT2D eigenvalue weighted by Gasteiger charge is -2.29. The first-order chi connectivity index (χ1) is 15.7. The van der Waals surface area contributed by atoms with E-state index in [4.69, 9.17) is 4.74 Å². The van der Waals surface area contributed by atoms with Gasteiger partial charge in [-0.2, -0.15) is 0 Å². The fourth-order valence-corrected chi connectivity index (χ4v) is 4.01. The predicted molar refractivity (Wildman–Crippen MR) is 128 cm³/mol. The van der Waals surface area contributed by atoms with Crippen LogP contribution < -0.4 is 15.5 Å². The summed E-state index contributed by atoms with van der Waals surface area (Å²) in [7, 11) is 0. The third-order valence-electron chi connectivity index (χ3n) is 5.57. The van der Waals surface area contributed by atoms with E-state index in [2.05, 4.69) is 61.3 Å². The number of anilines is 4. The number of carbonyl (C=O) groups excluding carboxylic acids is 1. The number of hydrogen-bond donors (Lipinski definition) is 2. The molecule has 7 heteroatoms.